The average molecular weight is 1860 g/mol. The van der Waals surface area contributed by atoms with Crippen molar-refractivity contribution < 1.29 is 13.3 Å². The zero-order valence-corrected chi connectivity index (χ0v) is 78.1. The highest BCUT2D eigenvalue weighted by molar-refractivity contribution is 7.25. The lowest BCUT2D eigenvalue weighted by molar-refractivity contribution is 0.669. The van der Waals surface area contributed by atoms with Gasteiger partial charge in [0.15, 0.2) is 23.3 Å². The smallest absolute Gasteiger partial charge is 0.160 e. The molecule has 8 heterocycles. The Morgan fingerprint density at radius 3 is 0.903 bits per heavy atom. The van der Waals surface area contributed by atoms with Crippen molar-refractivity contribution in [2.45, 2.75) is 0 Å². The van der Waals surface area contributed by atoms with Crippen LogP contribution in [-0.2, 0) is 0 Å². The van der Waals surface area contributed by atoms with Crippen molar-refractivity contribution >= 4 is 216 Å². The second-order valence-electron chi connectivity index (χ2n) is 36.6. The van der Waals surface area contributed by atoms with Crippen molar-refractivity contribution in [2.75, 3.05) is 0 Å². The molecule has 12 heteroatoms. The van der Waals surface area contributed by atoms with Crippen LogP contribution in [0.25, 0.3) is 296 Å². The van der Waals surface area contributed by atoms with E-state index in [1.54, 1.807) is 0 Å². The van der Waals surface area contributed by atoms with Crippen LogP contribution in [0.4, 0.5) is 0 Å². The Bertz CT molecular complexity index is 10300. The molecule has 31 rings (SSSR count). The first-order chi connectivity index (χ1) is 71.3. The molecule has 23 aromatic carbocycles. The zero-order chi connectivity index (χ0) is 94.8. The highest BCUT2D eigenvalue weighted by Gasteiger charge is 2.23. The van der Waals surface area contributed by atoms with E-state index in [4.69, 9.17) is 53.1 Å². The lowest BCUT2D eigenvalue weighted by Gasteiger charge is -2.12. The van der Waals surface area contributed by atoms with E-state index >= 15 is 0 Å². The van der Waals surface area contributed by atoms with Gasteiger partial charge in [0.1, 0.15) is 33.5 Å². The highest BCUT2D eigenvalue weighted by Crippen LogP contribution is 2.45. The molecule has 0 N–H and O–H groups in total. The molecule has 0 aliphatic carbocycles. The number of aromatic nitrogens is 8. The number of para-hydroxylation sites is 4. The molecule has 670 valence electrons. The monoisotopic (exact) mass is 1850 g/mol. The summed E-state index contributed by atoms with van der Waals surface area (Å²) in [6.45, 7) is 0. The van der Waals surface area contributed by atoms with Crippen LogP contribution in [0.2, 0.25) is 0 Å². The first-order valence-corrected chi connectivity index (χ1v) is 49.1. The van der Waals surface area contributed by atoms with Gasteiger partial charge >= 0.3 is 0 Å². The number of furan rings is 3. The minimum atomic E-state index is 0.716. The molecule has 0 radical (unpaired) electrons. The van der Waals surface area contributed by atoms with Crippen molar-refractivity contribution in [2.24, 2.45) is 0 Å². The molecule has 31 aromatic rings. The summed E-state index contributed by atoms with van der Waals surface area (Å²) in [4.78, 5) is 40.6. The molecule has 0 unspecified atom stereocenters. The number of hydrogen-bond acceptors (Lipinski definition) is 12. The van der Waals surface area contributed by atoms with E-state index in [-0.39, 0.29) is 0 Å². The van der Waals surface area contributed by atoms with Crippen LogP contribution in [0.3, 0.4) is 0 Å². The molecule has 0 aliphatic heterocycles. The average Bonchev–Trinajstić information content (AvgIpc) is 0.954. The molecule has 0 saturated carbocycles. The summed E-state index contributed by atoms with van der Waals surface area (Å²) in [7, 11) is 0. The minimum absolute atomic E-state index is 0.716. The van der Waals surface area contributed by atoms with Gasteiger partial charge in [-0.1, -0.05) is 352 Å². The molecule has 0 atom stereocenters. The fourth-order valence-electron chi connectivity index (χ4n) is 20.9. The van der Waals surface area contributed by atoms with E-state index in [0.717, 1.165) is 226 Å². The Morgan fingerprint density at radius 1 is 0.146 bits per heavy atom. The first-order valence-electron chi connectivity index (χ1n) is 48.3. The van der Waals surface area contributed by atoms with Crippen LogP contribution in [0.15, 0.2) is 486 Å². The topological polar surface area (TPSA) is 143 Å². The Labute approximate surface area is 827 Å². The third-order valence-electron chi connectivity index (χ3n) is 27.9. The highest BCUT2D eigenvalue weighted by atomic mass is 32.1. The standard InChI is InChI=1S/2C34H20N2O.C34H20N2S.C30H18N2O/c1-2-9-22(10-3-1)33-32-26-11-5-4-8-21(26)16-17-29(32)35-34(36-33)24-15-14-23-19-28-27-12-6-7-13-30(27)37-31(28)20-25(23)18-24;1-2-9-22(10-3-1)32-28-17-16-21-8-4-5-11-26(21)33(28)36-34(35-32)24-15-14-23-19-29-27-12-6-7-13-30(27)37-31(29)20-25(23)18-24;1-2-9-22(10-3-1)33-32-26-11-5-4-8-21(26)16-17-29(32)35-34(36-33)24-15-14-23-19-28-27-12-6-7-13-30(27)37-31(28)20-25(23)18-24;1-2-8-19(9-3-1)29-24-11-4-6-12-26(24)31-30(32-29)21-15-14-20-17-25-23-10-5-7-13-27(23)33-28(25)18-22(20)16-21/h3*1-20H;1-18H. The van der Waals surface area contributed by atoms with Crippen LogP contribution >= 0.6 is 11.3 Å². The second kappa shape index (κ2) is 34.5. The predicted octanol–water partition coefficient (Wildman–Crippen LogP) is 36.0. The third kappa shape index (κ3) is 14.7. The molecule has 11 nitrogen and oxygen atoms in total. The van der Waals surface area contributed by atoms with E-state index in [1.807, 2.05) is 108 Å². The number of rotatable bonds is 8. The Hall–Kier alpha value is -19.1. The Morgan fingerprint density at radius 2 is 0.458 bits per heavy atom. The summed E-state index contributed by atoms with van der Waals surface area (Å²) in [5, 5.41) is 30.0. The van der Waals surface area contributed by atoms with Crippen molar-refractivity contribution in [3.63, 3.8) is 0 Å². The van der Waals surface area contributed by atoms with Crippen LogP contribution in [-0.4, -0.2) is 39.9 Å². The lowest BCUT2D eigenvalue weighted by Crippen LogP contribution is -1.96. The number of benzene rings is 23. The molecule has 0 aliphatic rings. The normalized spacial score (nSPS) is 11.8. The molecule has 0 saturated heterocycles. The largest absolute Gasteiger partial charge is 0.456 e. The fourth-order valence-corrected chi connectivity index (χ4v) is 22.1. The van der Waals surface area contributed by atoms with Crippen LogP contribution in [0.5, 0.6) is 0 Å². The molecule has 0 amide bonds. The van der Waals surface area contributed by atoms with Crippen molar-refractivity contribution in [1.82, 2.24) is 39.9 Å². The number of thiophene rings is 1. The quantitative estimate of drug-likeness (QED) is 0.134. The van der Waals surface area contributed by atoms with Crippen LogP contribution in [0, 0.1) is 0 Å². The van der Waals surface area contributed by atoms with Gasteiger partial charge in [-0.15, -0.1) is 11.3 Å². The molecule has 0 spiro atoms. The second-order valence-corrected chi connectivity index (χ2v) is 37.7. The lowest BCUT2D eigenvalue weighted by atomic mass is 9.99. The number of fused-ring (bicyclic) bond motifs is 26. The number of nitrogens with zero attached hydrogens (tertiary/aromatic N) is 8. The van der Waals surface area contributed by atoms with Gasteiger partial charge in [-0.2, -0.15) is 0 Å². The van der Waals surface area contributed by atoms with E-state index in [1.165, 1.54) is 57.9 Å². The summed E-state index contributed by atoms with van der Waals surface area (Å²) in [5.74, 6) is 2.90. The minimum Gasteiger partial charge on any atom is -0.456 e. The summed E-state index contributed by atoms with van der Waals surface area (Å²) in [6, 6.07) is 165. The molecule has 0 bridgehead atoms. The Kier molecular flexibility index (Phi) is 19.9. The first kappa shape index (κ1) is 83.1. The van der Waals surface area contributed by atoms with E-state index in [9.17, 15) is 0 Å². The summed E-state index contributed by atoms with van der Waals surface area (Å²) < 4.78 is 21.0. The van der Waals surface area contributed by atoms with Gasteiger partial charge in [-0.25, -0.2) is 39.9 Å². The van der Waals surface area contributed by atoms with Gasteiger partial charge in [0, 0.05) is 124 Å². The molecule has 144 heavy (non-hydrogen) atoms. The third-order valence-corrected chi connectivity index (χ3v) is 29.1. The van der Waals surface area contributed by atoms with Gasteiger partial charge in [-0.05, 0) is 191 Å². The summed E-state index contributed by atoms with van der Waals surface area (Å²) in [5.41, 5.74) is 21.3. The van der Waals surface area contributed by atoms with Crippen molar-refractivity contribution in [3.8, 4) is 90.6 Å². The van der Waals surface area contributed by atoms with Gasteiger partial charge in [0.2, 0.25) is 0 Å². The maximum atomic E-state index is 6.16. The molecular weight excluding hydrogens is 1780 g/mol. The zero-order valence-electron chi connectivity index (χ0n) is 77.2. The Balaban J connectivity index is 0.0000000935. The van der Waals surface area contributed by atoms with Crippen molar-refractivity contribution in [1.29, 1.82) is 0 Å². The van der Waals surface area contributed by atoms with Crippen LogP contribution < -0.4 is 0 Å². The van der Waals surface area contributed by atoms with Crippen molar-refractivity contribution in [3.05, 3.63) is 473 Å². The molecule has 0 fully saturated rings. The fraction of sp³-hybridized carbons (Fsp3) is 0. The van der Waals surface area contributed by atoms with Gasteiger partial charge in [0.25, 0.3) is 0 Å². The summed E-state index contributed by atoms with van der Waals surface area (Å²) in [6.07, 6.45) is 0. The molecule has 8 aromatic heterocycles. The maximum absolute atomic E-state index is 6.16. The van der Waals surface area contributed by atoms with Gasteiger partial charge in [-0.3, -0.25) is 0 Å². The summed E-state index contributed by atoms with van der Waals surface area (Å²) >= 11 is 1.85. The SMILES string of the molecule is c1ccc(-c2nc(-c3ccc4cc5c(cc4c3)oc3ccccc35)nc3c2ccc2ccccc23)cc1.c1ccc(-c2nc(-c3ccc4cc5c(cc4c3)oc3ccccc35)nc3ccc4ccccc4c23)cc1.c1ccc(-c2nc(-c3ccc4cc5c(cc4c3)oc3ccccc35)nc3ccccc23)cc1.c1ccc(-c2nc(-c3ccc4cc5c(cc4c3)sc3ccccc35)nc3ccc4ccccc4c23)cc1. The van der Waals surface area contributed by atoms with E-state index in [2.05, 4.69) is 376 Å². The number of hydrogen-bond donors (Lipinski definition) is 0. The van der Waals surface area contributed by atoms with Crippen LogP contribution in [0.1, 0.15) is 0 Å². The van der Waals surface area contributed by atoms with E-state index in [0.29, 0.717) is 11.6 Å². The van der Waals surface area contributed by atoms with E-state index < -0.39 is 0 Å². The van der Waals surface area contributed by atoms with Gasteiger partial charge in [0.05, 0.1) is 44.8 Å². The molecular formula is C132H78N8O3S. The predicted molar refractivity (Wildman–Crippen MR) is 599 cm³/mol. The van der Waals surface area contributed by atoms with Gasteiger partial charge < -0.3 is 13.3 Å². The maximum Gasteiger partial charge on any atom is 0.160 e.